The van der Waals surface area contributed by atoms with Crippen LogP contribution in [0.2, 0.25) is 0 Å². The van der Waals surface area contributed by atoms with Crippen LogP contribution in [0.4, 0.5) is 5.69 Å². The highest BCUT2D eigenvalue weighted by Crippen LogP contribution is 2.25. The van der Waals surface area contributed by atoms with E-state index < -0.39 is 0 Å². The summed E-state index contributed by atoms with van der Waals surface area (Å²) in [4.78, 5) is 12.0. The first-order valence-electron chi connectivity index (χ1n) is 6.34. The summed E-state index contributed by atoms with van der Waals surface area (Å²) in [5.41, 5.74) is 1.86. The molecule has 0 bridgehead atoms. The van der Waals surface area contributed by atoms with E-state index in [9.17, 15) is 4.79 Å². The Morgan fingerprint density at radius 1 is 1.56 bits per heavy atom. The van der Waals surface area contributed by atoms with Crippen LogP contribution in [0.25, 0.3) is 0 Å². The molecule has 1 fully saturated rings. The van der Waals surface area contributed by atoms with Crippen molar-refractivity contribution in [3.63, 3.8) is 0 Å². The van der Waals surface area contributed by atoms with E-state index in [4.69, 9.17) is 4.74 Å². The molecule has 2 rings (SSSR count). The largest absolute Gasteiger partial charge is 0.495 e. The van der Waals surface area contributed by atoms with Gasteiger partial charge in [-0.3, -0.25) is 4.79 Å². The number of hydrogen-bond acceptors (Lipinski definition) is 3. The molecule has 1 unspecified atom stereocenters. The molecule has 0 spiro atoms. The number of carbonyl (C=O) groups excluding carboxylic acids is 1. The average molecular weight is 248 g/mol. The lowest BCUT2D eigenvalue weighted by Crippen LogP contribution is -2.18. The second kappa shape index (κ2) is 5.87. The Hall–Kier alpha value is -1.55. The molecule has 1 aliphatic rings. The Kier molecular flexibility index (Phi) is 4.20. The average Bonchev–Trinajstić information content (AvgIpc) is 2.82. The van der Waals surface area contributed by atoms with Gasteiger partial charge in [-0.25, -0.2) is 0 Å². The van der Waals surface area contributed by atoms with E-state index in [2.05, 4.69) is 10.6 Å². The highest BCUT2D eigenvalue weighted by Gasteiger charge is 2.18. The van der Waals surface area contributed by atoms with Crippen molar-refractivity contribution in [3.8, 4) is 5.75 Å². The van der Waals surface area contributed by atoms with Crippen LogP contribution in [-0.2, 0) is 4.79 Å². The molecule has 0 saturated carbocycles. The molecule has 1 aliphatic heterocycles. The van der Waals surface area contributed by atoms with Crippen molar-refractivity contribution in [2.45, 2.75) is 19.8 Å². The molecule has 1 atom stereocenters. The van der Waals surface area contributed by atoms with E-state index in [-0.39, 0.29) is 5.91 Å². The summed E-state index contributed by atoms with van der Waals surface area (Å²) in [7, 11) is 1.61. The number of rotatable bonds is 4. The third kappa shape index (κ3) is 3.23. The van der Waals surface area contributed by atoms with Crippen molar-refractivity contribution in [2.75, 3.05) is 25.5 Å². The van der Waals surface area contributed by atoms with E-state index in [0.717, 1.165) is 30.8 Å². The first-order chi connectivity index (χ1) is 8.69. The van der Waals surface area contributed by atoms with Gasteiger partial charge >= 0.3 is 0 Å². The van der Waals surface area contributed by atoms with Crippen molar-refractivity contribution < 1.29 is 9.53 Å². The summed E-state index contributed by atoms with van der Waals surface area (Å²) < 4.78 is 5.24. The molecule has 98 valence electrons. The number of hydrogen-bond donors (Lipinski definition) is 2. The number of benzene rings is 1. The molecule has 1 amide bonds. The molecule has 4 nitrogen and oxygen atoms in total. The normalized spacial score (nSPS) is 18.7. The number of methoxy groups -OCH3 is 1. The lowest BCUT2D eigenvalue weighted by Gasteiger charge is -2.12. The third-order valence-corrected chi connectivity index (χ3v) is 3.27. The second-order valence-electron chi connectivity index (χ2n) is 4.81. The highest BCUT2D eigenvalue weighted by atomic mass is 16.5. The van der Waals surface area contributed by atoms with Gasteiger partial charge in [0.1, 0.15) is 5.75 Å². The molecule has 0 radical (unpaired) electrons. The molecule has 1 heterocycles. The van der Waals surface area contributed by atoms with Gasteiger partial charge in [0.25, 0.3) is 0 Å². The standard InChI is InChI=1S/C14H20N2O2/c1-10-3-4-13(18-2)12(7-10)16-14(17)8-11-5-6-15-9-11/h3-4,7,11,15H,5-6,8-9H2,1-2H3,(H,16,17). The predicted octanol–water partition coefficient (Wildman–Crippen LogP) is 1.94. The van der Waals surface area contributed by atoms with Crippen molar-refractivity contribution in [1.29, 1.82) is 0 Å². The molecular weight excluding hydrogens is 228 g/mol. The summed E-state index contributed by atoms with van der Waals surface area (Å²) in [6.07, 6.45) is 1.66. The van der Waals surface area contributed by atoms with Crippen LogP contribution in [0.5, 0.6) is 5.75 Å². The molecule has 18 heavy (non-hydrogen) atoms. The van der Waals surface area contributed by atoms with Crippen LogP contribution in [0.15, 0.2) is 18.2 Å². The maximum absolute atomic E-state index is 12.0. The lowest BCUT2D eigenvalue weighted by molar-refractivity contribution is -0.117. The molecule has 0 aliphatic carbocycles. The minimum atomic E-state index is 0.0626. The van der Waals surface area contributed by atoms with E-state index >= 15 is 0 Å². The van der Waals surface area contributed by atoms with E-state index in [1.54, 1.807) is 7.11 Å². The van der Waals surface area contributed by atoms with Gasteiger partial charge in [-0.05, 0) is 50.0 Å². The fraction of sp³-hybridized carbons (Fsp3) is 0.500. The minimum Gasteiger partial charge on any atom is -0.495 e. The van der Waals surface area contributed by atoms with Gasteiger partial charge in [-0.2, -0.15) is 0 Å². The minimum absolute atomic E-state index is 0.0626. The quantitative estimate of drug-likeness (QED) is 0.856. The van der Waals surface area contributed by atoms with Crippen LogP contribution in [-0.4, -0.2) is 26.1 Å². The molecule has 1 aromatic carbocycles. The Morgan fingerprint density at radius 2 is 2.39 bits per heavy atom. The Bertz CT molecular complexity index is 426. The van der Waals surface area contributed by atoms with Crippen LogP contribution >= 0.6 is 0 Å². The van der Waals surface area contributed by atoms with E-state index in [0.29, 0.717) is 18.1 Å². The fourth-order valence-corrected chi connectivity index (χ4v) is 2.27. The summed E-state index contributed by atoms with van der Waals surface area (Å²) in [5, 5.41) is 6.21. The predicted molar refractivity (Wildman–Crippen MR) is 72.0 cm³/mol. The number of anilines is 1. The summed E-state index contributed by atoms with van der Waals surface area (Å²) >= 11 is 0. The lowest BCUT2D eigenvalue weighted by atomic mass is 10.0. The van der Waals surface area contributed by atoms with Gasteiger partial charge in [-0.15, -0.1) is 0 Å². The van der Waals surface area contributed by atoms with Gasteiger partial charge in [-0.1, -0.05) is 6.07 Å². The highest BCUT2D eigenvalue weighted by molar-refractivity contribution is 5.92. The Morgan fingerprint density at radius 3 is 3.06 bits per heavy atom. The van der Waals surface area contributed by atoms with Gasteiger partial charge in [0, 0.05) is 6.42 Å². The molecule has 0 aromatic heterocycles. The number of amides is 1. The van der Waals surface area contributed by atoms with E-state index in [1.165, 1.54) is 0 Å². The summed E-state index contributed by atoms with van der Waals surface area (Å²) in [6.45, 7) is 3.96. The topological polar surface area (TPSA) is 50.4 Å². The molecule has 4 heteroatoms. The smallest absolute Gasteiger partial charge is 0.224 e. The van der Waals surface area contributed by atoms with E-state index in [1.807, 2.05) is 25.1 Å². The summed E-state index contributed by atoms with van der Waals surface area (Å²) in [5.74, 6) is 1.23. The van der Waals surface area contributed by atoms with Crippen molar-refractivity contribution >= 4 is 11.6 Å². The maximum Gasteiger partial charge on any atom is 0.224 e. The zero-order valence-corrected chi connectivity index (χ0v) is 11.0. The van der Waals surface area contributed by atoms with Crippen LogP contribution in [0.1, 0.15) is 18.4 Å². The SMILES string of the molecule is COc1ccc(C)cc1NC(=O)CC1CCNC1. The Balaban J connectivity index is 1.99. The second-order valence-corrected chi connectivity index (χ2v) is 4.81. The first kappa shape index (κ1) is 12.9. The van der Waals surface area contributed by atoms with Gasteiger partial charge < -0.3 is 15.4 Å². The van der Waals surface area contributed by atoms with Crippen LogP contribution < -0.4 is 15.4 Å². The summed E-state index contributed by atoms with van der Waals surface area (Å²) in [6, 6.07) is 5.78. The number of nitrogens with one attached hydrogen (secondary N) is 2. The monoisotopic (exact) mass is 248 g/mol. The zero-order valence-electron chi connectivity index (χ0n) is 11.0. The molecule has 1 aromatic rings. The Labute approximate surface area is 108 Å². The number of carbonyl (C=O) groups is 1. The zero-order chi connectivity index (χ0) is 13.0. The van der Waals surface area contributed by atoms with Crippen LogP contribution in [0, 0.1) is 12.8 Å². The van der Waals surface area contributed by atoms with Gasteiger partial charge in [0.15, 0.2) is 0 Å². The van der Waals surface area contributed by atoms with Crippen molar-refractivity contribution in [2.24, 2.45) is 5.92 Å². The third-order valence-electron chi connectivity index (χ3n) is 3.27. The number of ether oxygens (including phenoxy) is 1. The van der Waals surface area contributed by atoms with Gasteiger partial charge in [0.05, 0.1) is 12.8 Å². The van der Waals surface area contributed by atoms with Crippen molar-refractivity contribution in [3.05, 3.63) is 23.8 Å². The van der Waals surface area contributed by atoms with Gasteiger partial charge in [0.2, 0.25) is 5.91 Å². The van der Waals surface area contributed by atoms with Crippen molar-refractivity contribution in [1.82, 2.24) is 5.32 Å². The molecular formula is C14H20N2O2. The molecule has 1 saturated heterocycles. The molecule has 2 N–H and O–H groups in total. The maximum atomic E-state index is 12.0. The first-order valence-corrected chi connectivity index (χ1v) is 6.34. The van der Waals surface area contributed by atoms with Crippen LogP contribution in [0.3, 0.4) is 0 Å². The number of aryl methyl sites for hydroxylation is 1. The fourth-order valence-electron chi connectivity index (χ4n) is 2.27.